The molecule has 0 amide bonds. The number of hydrogen-bond acceptors (Lipinski definition) is 14. The van der Waals surface area contributed by atoms with E-state index in [2.05, 4.69) is 0 Å². The van der Waals surface area contributed by atoms with Crippen LogP contribution in [0.2, 0.25) is 0 Å². The van der Waals surface area contributed by atoms with Gasteiger partial charge < -0.3 is 69.6 Å². The van der Waals surface area contributed by atoms with E-state index >= 15 is 0 Å². The summed E-state index contributed by atoms with van der Waals surface area (Å²) in [6, 6.07) is 0. The maximum atomic E-state index is 12.6. The number of alkyl halides is 4. The van der Waals surface area contributed by atoms with E-state index in [-0.39, 0.29) is 147 Å². The van der Waals surface area contributed by atoms with Crippen LogP contribution in [0, 0.1) is 0 Å². The summed E-state index contributed by atoms with van der Waals surface area (Å²) in [6.45, 7) is 0. The SMILES string of the molecule is O=C([O-])CC(O)(C(=O)[O-])C(F)(F)C(=O)[O-].O=C([O-])CC(O)(C(=O)[O-])C(F)(F)C(=O)[O-].[Ba+2].[Ba+2].[Ba+2]. The van der Waals surface area contributed by atoms with Crippen LogP contribution in [0.5, 0.6) is 0 Å². The maximum Gasteiger partial charge on any atom is 2.00 e. The predicted octanol–water partition coefficient (Wildman–Crippen LogP) is -11.2. The number of carbonyl (C=O) groups is 6. The molecular weight excluding hydrogens is 856 g/mol. The van der Waals surface area contributed by atoms with Crippen molar-refractivity contribution in [2.24, 2.45) is 0 Å². The van der Waals surface area contributed by atoms with Crippen LogP contribution < -0.4 is 30.6 Å². The number of rotatable bonds is 10. The van der Waals surface area contributed by atoms with Gasteiger partial charge in [-0.1, -0.05) is 0 Å². The van der Waals surface area contributed by atoms with Gasteiger partial charge in [0, 0.05) is 24.8 Å². The van der Waals surface area contributed by atoms with Gasteiger partial charge in [0.2, 0.25) is 0 Å². The molecule has 0 aliphatic rings. The van der Waals surface area contributed by atoms with E-state index in [1.807, 2.05) is 0 Å². The minimum atomic E-state index is -5.31. The Hall–Kier alpha value is 1.17. The van der Waals surface area contributed by atoms with Gasteiger partial charge in [-0.05, 0) is 0 Å². The number of carboxylic acids is 6. The van der Waals surface area contributed by atoms with Crippen LogP contribution in [-0.2, 0) is 28.8 Å². The Labute approximate surface area is 299 Å². The number of carbonyl (C=O) groups excluding carboxylic acids is 6. The summed E-state index contributed by atoms with van der Waals surface area (Å²) >= 11 is 0. The van der Waals surface area contributed by atoms with Gasteiger partial charge in [-0.25, -0.2) is 0 Å². The van der Waals surface area contributed by atoms with E-state index in [0.29, 0.717) is 0 Å². The zero-order chi connectivity index (χ0) is 24.9. The van der Waals surface area contributed by atoms with Crippen LogP contribution in [0.3, 0.4) is 0 Å². The first kappa shape index (κ1) is 44.2. The summed E-state index contributed by atoms with van der Waals surface area (Å²) in [6.07, 6.45) is -4.29. The van der Waals surface area contributed by atoms with Crippen LogP contribution in [0.15, 0.2) is 0 Å². The molecule has 2 N–H and O–H groups in total. The van der Waals surface area contributed by atoms with Gasteiger partial charge in [0.25, 0.3) is 0 Å². The fourth-order valence-corrected chi connectivity index (χ4v) is 1.38. The normalized spacial score (nSPS) is 14.0. The average Bonchev–Trinajstić information content (AvgIpc) is 2.52. The molecule has 0 rings (SSSR count). The van der Waals surface area contributed by atoms with Crippen molar-refractivity contribution in [1.82, 2.24) is 0 Å². The molecule has 0 aliphatic heterocycles. The van der Waals surface area contributed by atoms with Crippen LogP contribution in [-0.4, -0.2) is 216 Å². The van der Waals surface area contributed by atoms with Crippen molar-refractivity contribution in [3.8, 4) is 0 Å². The second kappa shape index (κ2) is 16.8. The van der Waals surface area contributed by atoms with Crippen molar-refractivity contribution in [3.63, 3.8) is 0 Å². The number of aliphatic hydroxyl groups is 2. The third kappa shape index (κ3) is 11.4. The van der Waals surface area contributed by atoms with Gasteiger partial charge >= 0.3 is 158 Å². The van der Waals surface area contributed by atoms with Crippen molar-refractivity contribution >= 4 is 182 Å². The van der Waals surface area contributed by atoms with Gasteiger partial charge in [-0.3, -0.25) is 0 Å². The van der Waals surface area contributed by atoms with E-state index in [1.165, 1.54) is 0 Å². The Bertz CT molecular complexity index is 702. The predicted molar refractivity (Wildman–Crippen MR) is 76.3 cm³/mol. The molecule has 0 aliphatic carbocycles. The standard InChI is InChI=1S/2C6H6F2O7.3Ba/c2*7-6(8,4(13)14)5(15,3(11)12)1-2(9)10;;;/h2*15H,1H2,(H,9,10)(H,11,12)(H,13,14);;;/q;;3*+2/p-6. The summed E-state index contributed by atoms with van der Waals surface area (Å²) in [5.74, 6) is -27.8. The molecule has 14 nitrogen and oxygen atoms in total. The molecular formula is C12H6Ba3F4O14. The third-order valence-corrected chi connectivity index (χ3v) is 3.03. The largest absolute Gasteiger partial charge is 2.00 e. The second-order valence-electron chi connectivity index (χ2n) is 5.12. The zero-order valence-corrected chi connectivity index (χ0v) is 29.2. The van der Waals surface area contributed by atoms with Crippen LogP contribution in [0.25, 0.3) is 0 Å². The molecule has 2 atom stereocenters. The quantitative estimate of drug-likeness (QED) is 0.153. The monoisotopic (exact) mass is 864 g/mol. The Morgan fingerprint density at radius 2 is 0.697 bits per heavy atom. The van der Waals surface area contributed by atoms with Gasteiger partial charge in [-0.15, -0.1) is 0 Å². The minimum absolute atomic E-state index is 0. The average molecular weight is 862 g/mol. The molecule has 33 heavy (non-hydrogen) atoms. The van der Waals surface area contributed by atoms with Crippen molar-refractivity contribution in [2.75, 3.05) is 0 Å². The topological polar surface area (TPSA) is 281 Å². The first-order valence-electron chi connectivity index (χ1n) is 6.57. The smallest absolute Gasteiger partial charge is 0.550 e. The summed E-state index contributed by atoms with van der Waals surface area (Å²) < 4.78 is 50.3. The van der Waals surface area contributed by atoms with E-state index in [9.17, 15) is 77.0 Å². The third-order valence-electron chi connectivity index (χ3n) is 3.03. The van der Waals surface area contributed by atoms with Crippen molar-refractivity contribution in [2.45, 2.75) is 35.9 Å². The second-order valence-corrected chi connectivity index (χ2v) is 5.12. The van der Waals surface area contributed by atoms with E-state index in [4.69, 9.17) is 10.2 Å². The molecule has 0 bridgehead atoms. The first-order chi connectivity index (χ1) is 13.1. The Morgan fingerprint density at radius 3 is 0.788 bits per heavy atom. The molecule has 0 aromatic rings. The van der Waals surface area contributed by atoms with Crippen molar-refractivity contribution < 1.29 is 87.2 Å². The minimum Gasteiger partial charge on any atom is -0.550 e. The van der Waals surface area contributed by atoms with Gasteiger partial charge in [0.05, 0.1) is 11.9 Å². The Kier molecular flexibility index (Phi) is 22.5. The van der Waals surface area contributed by atoms with Gasteiger partial charge in [-0.2, -0.15) is 17.6 Å². The summed E-state index contributed by atoms with van der Waals surface area (Å²) in [4.78, 5) is 59.6. The molecule has 0 aromatic carbocycles. The first-order valence-corrected chi connectivity index (χ1v) is 6.57. The molecule has 2 unspecified atom stereocenters. The number of aliphatic carboxylic acids is 6. The molecule has 0 heterocycles. The molecule has 0 saturated carbocycles. The van der Waals surface area contributed by atoms with Crippen molar-refractivity contribution in [3.05, 3.63) is 0 Å². The number of carboxylic acid groups (broad SMARTS) is 6. The number of halogens is 4. The van der Waals surface area contributed by atoms with Gasteiger partial charge in [0.1, 0.15) is 11.9 Å². The van der Waals surface area contributed by atoms with Gasteiger partial charge in [0.15, 0.2) is 11.2 Å². The molecule has 0 spiro atoms. The van der Waals surface area contributed by atoms with E-state index < -0.39 is 71.7 Å². The molecule has 0 saturated heterocycles. The summed E-state index contributed by atoms with van der Waals surface area (Å²) in [5, 5.41) is 77.0. The van der Waals surface area contributed by atoms with Crippen LogP contribution in [0.1, 0.15) is 12.8 Å². The number of hydrogen-bond donors (Lipinski definition) is 2. The summed E-state index contributed by atoms with van der Waals surface area (Å²) in [5.41, 5.74) is -8.82. The fourth-order valence-electron chi connectivity index (χ4n) is 1.38. The van der Waals surface area contributed by atoms with E-state index in [0.717, 1.165) is 0 Å². The van der Waals surface area contributed by atoms with E-state index in [1.54, 1.807) is 0 Å². The molecule has 0 fully saturated rings. The molecule has 0 radical (unpaired) electrons. The fraction of sp³-hybridized carbons (Fsp3) is 0.500. The van der Waals surface area contributed by atoms with Crippen LogP contribution in [0.4, 0.5) is 17.6 Å². The van der Waals surface area contributed by atoms with Crippen molar-refractivity contribution in [1.29, 1.82) is 0 Å². The molecule has 0 aromatic heterocycles. The molecule has 21 heteroatoms. The van der Waals surface area contributed by atoms with Crippen LogP contribution >= 0.6 is 0 Å². The Balaban J connectivity index is -0.000000145. The zero-order valence-electron chi connectivity index (χ0n) is 15.8. The maximum absolute atomic E-state index is 12.6. The Morgan fingerprint density at radius 1 is 0.515 bits per heavy atom. The molecule has 172 valence electrons. The summed E-state index contributed by atoms with van der Waals surface area (Å²) in [7, 11) is 0.